The Morgan fingerprint density at radius 3 is 2.66 bits per heavy atom. The molecule has 1 aromatic heterocycles. The summed E-state index contributed by atoms with van der Waals surface area (Å²) in [6, 6.07) is 11.2. The van der Waals surface area contributed by atoms with Crippen molar-refractivity contribution in [3.8, 4) is 5.75 Å². The van der Waals surface area contributed by atoms with Crippen LogP contribution in [0.2, 0.25) is 5.02 Å². The summed E-state index contributed by atoms with van der Waals surface area (Å²) in [5, 5.41) is 10.6. The lowest BCUT2D eigenvalue weighted by Gasteiger charge is -2.17. The van der Waals surface area contributed by atoms with Gasteiger partial charge in [-0.15, -0.1) is 0 Å². The Hall–Kier alpha value is -2.62. The summed E-state index contributed by atoms with van der Waals surface area (Å²) >= 11 is 6.18. The zero-order valence-corrected chi connectivity index (χ0v) is 18.7. The lowest BCUT2D eigenvalue weighted by atomic mass is 9.98. The van der Waals surface area contributed by atoms with Gasteiger partial charge in [-0.05, 0) is 54.4 Å². The molecule has 0 radical (unpaired) electrons. The molecule has 0 bridgehead atoms. The van der Waals surface area contributed by atoms with Crippen LogP contribution in [0.15, 0.2) is 53.6 Å². The fraction of sp³-hybridized carbons (Fsp3) is 0.318. The van der Waals surface area contributed by atoms with E-state index in [2.05, 4.69) is 0 Å². The zero-order chi connectivity index (χ0) is 22.9. The third-order valence-electron chi connectivity index (χ3n) is 5.58. The number of benzene rings is 2. The Labute approximate surface area is 190 Å². The number of aliphatic carboxylic acids is 1. The van der Waals surface area contributed by atoms with Crippen LogP contribution in [0.4, 0.5) is 4.39 Å². The summed E-state index contributed by atoms with van der Waals surface area (Å²) in [5.41, 5.74) is 1.63. The highest BCUT2D eigenvalue weighted by Crippen LogP contribution is 2.37. The number of rotatable bonds is 8. The van der Waals surface area contributed by atoms with E-state index in [1.165, 1.54) is 28.6 Å². The molecule has 1 N–H and O–H groups in total. The first kappa shape index (κ1) is 22.6. The van der Waals surface area contributed by atoms with Crippen LogP contribution in [0.5, 0.6) is 5.75 Å². The highest BCUT2D eigenvalue weighted by Gasteiger charge is 2.34. The molecular formula is C22H22ClFN2O5S. The molecule has 0 aliphatic carbocycles. The number of carbonyl (C=O) groups is 1. The van der Waals surface area contributed by atoms with Crippen LogP contribution in [0.1, 0.15) is 17.9 Å². The quantitative estimate of drug-likeness (QED) is 0.528. The van der Waals surface area contributed by atoms with Gasteiger partial charge in [-0.2, -0.15) is 4.31 Å². The van der Waals surface area contributed by atoms with E-state index in [1.54, 1.807) is 29.0 Å². The average molecular weight is 481 g/mol. The maximum Gasteiger partial charge on any atom is 0.323 e. The van der Waals surface area contributed by atoms with Crippen molar-refractivity contribution >= 4 is 38.5 Å². The maximum absolute atomic E-state index is 13.1. The summed E-state index contributed by atoms with van der Waals surface area (Å²) in [6.07, 6.45) is 2.39. The lowest BCUT2D eigenvalue weighted by molar-refractivity contribution is -0.137. The van der Waals surface area contributed by atoms with E-state index in [4.69, 9.17) is 16.3 Å². The first-order valence-corrected chi connectivity index (χ1v) is 11.9. The molecule has 3 aromatic rings. The van der Waals surface area contributed by atoms with Crippen molar-refractivity contribution in [2.45, 2.75) is 23.8 Å². The second-order valence-electron chi connectivity index (χ2n) is 7.63. The van der Waals surface area contributed by atoms with Crippen molar-refractivity contribution in [1.82, 2.24) is 8.87 Å². The van der Waals surface area contributed by atoms with Crippen molar-refractivity contribution in [2.75, 3.05) is 26.4 Å². The number of sulfonamides is 1. The smallest absolute Gasteiger partial charge is 0.323 e. The molecule has 1 unspecified atom stereocenters. The fourth-order valence-corrected chi connectivity index (χ4v) is 5.78. The second kappa shape index (κ2) is 9.09. The summed E-state index contributed by atoms with van der Waals surface area (Å²) in [6.45, 7) is -0.271. The van der Waals surface area contributed by atoms with Gasteiger partial charge in [0.05, 0.1) is 4.90 Å². The normalized spacial score (nSPS) is 17.1. The Kier molecular flexibility index (Phi) is 6.41. The molecular weight excluding hydrogens is 459 g/mol. The first-order valence-electron chi connectivity index (χ1n) is 10.1. The highest BCUT2D eigenvalue weighted by molar-refractivity contribution is 7.89. The van der Waals surface area contributed by atoms with E-state index in [0.29, 0.717) is 23.7 Å². The van der Waals surface area contributed by atoms with Crippen molar-refractivity contribution in [3.05, 3.63) is 59.2 Å². The number of carboxylic acid groups (broad SMARTS) is 1. The summed E-state index contributed by atoms with van der Waals surface area (Å²) in [5.74, 6) is -0.644. The van der Waals surface area contributed by atoms with Gasteiger partial charge in [0.25, 0.3) is 0 Å². The number of hydrogen-bond acceptors (Lipinski definition) is 4. The Morgan fingerprint density at radius 2 is 1.97 bits per heavy atom. The van der Waals surface area contributed by atoms with Crippen LogP contribution in [0, 0.1) is 0 Å². The van der Waals surface area contributed by atoms with E-state index < -0.39 is 22.7 Å². The molecule has 7 nitrogen and oxygen atoms in total. The number of ether oxygens (including phenoxy) is 1. The molecule has 0 spiro atoms. The van der Waals surface area contributed by atoms with Crippen LogP contribution < -0.4 is 4.74 Å². The van der Waals surface area contributed by atoms with Gasteiger partial charge < -0.3 is 14.4 Å². The molecule has 1 saturated heterocycles. The van der Waals surface area contributed by atoms with E-state index in [9.17, 15) is 22.7 Å². The highest BCUT2D eigenvalue weighted by atomic mass is 35.5. The SMILES string of the molecule is O=C(O)Cn1cc(C2CCN(S(=O)(=O)c3ccc(OCCF)cc3)C2)c2cc(Cl)ccc21. The van der Waals surface area contributed by atoms with E-state index in [-0.39, 0.29) is 30.5 Å². The Balaban J connectivity index is 1.58. The zero-order valence-electron chi connectivity index (χ0n) is 17.1. The molecule has 2 aromatic carbocycles. The number of nitrogens with zero attached hydrogens (tertiary/aromatic N) is 2. The number of aromatic nitrogens is 1. The van der Waals surface area contributed by atoms with Gasteiger partial charge in [0.2, 0.25) is 10.0 Å². The van der Waals surface area contributed by atoms with E-state index in [0.717, 1.165) is 16.5 Å². The summed E-state index contributed by atoms with van der Waals surface area (Å²) < 4.78 is 46.7. The minimum absolute atomic E-state index is 0.0839. The van der Waals surface area contributed by atoms with Gasteiger partial charge >= 0.3 is 5.97 Å². The van der Waals surface area contributed by atoms with Crippen LogP contribution >= 0.6 is 11.6 Å². The van der Waals surface area contributed by atoms with Gasteiger partial charge in [0.1, 0.15) is 25.6 Å². The van der Waals surface area contributed by atoms with Crippen molar-refractivity contribution in [1.29, 1.82) is 0 Å². The maximum atomic E-state index is 13.1. The molecule has 1 atom stereocenters. The topological polar surface area (TPSA) is 88.8 Å². The largest absolute Gasteiger partial charge is 0.491 e. The average Bonchev–Trinajstić information content (AvgIpc) is 3.38. The molecule has 0 saturated carbocycles. The molecule has 1 aliphatic heterocycles. The van der Waals surface area contributed by atoms with Gasteiger partial charge in [-0.25, -0.2) is 12.8 Å². The minimum atomic E-state index is -3.71. The standard InChI is InChI=1S/C22H22ClFN2O5S/c23-16-1-6-21-19(11-16)20(13-25(21)14-22(27)28)15-7-9-26(12-15)32(29,30)18-4-2-17(3-5-18)31-10-8-24/h1-6,11,13,15H,7-10,12,14H2,(H,27,28). The van der Waals surface area contributed by atoms with Crippen LogP contribution in [-0.2, 0) is 21.4 Å². The van der Waals surface area contributed by atoms with Gasteiger partial charge in [0, 0.05) is 41.1 Å². The van der Waals surface area contributed by atoms with Crippen LogP contribution in [0.25, 0.3) is 10.9 Å². The third-order valence-corrected chi connectivity index (χ3v) is 7.69. The molecule has 2 heterocycles. The lowest BCUT2D eigenvalue weighted by Crippen LogP contribution is -2.28. The number of carboxylic acids is 1. The molecule has 4 rings (SSSR count). The van der Waals surface area contributed by atoms with Crippen LogP contribution in [-0.4, -0.2) is 54.7 Å². The second-order valence-corrected chi connectivity index (χ2v) is 10.00. The van der Waals surface area contributed by atoms with Crippen LogP contribution in [0.3, 0.4) is 0 Å². The minimum Gasteiger partial charge on any atom is -0.491 e. The molecule has 32 heavy (non-hydrogen) atoms. The Bertz CT molecular complexity index is 1240. The summed E-state index contributed by atoms with van der Waals surface area (Å²) in [4.78, 5) is 11.4. The van der Waals surface area contributed by atoms with Crippen molar-refractivity contribution < 1.29 is 27.4 Å². The predicted molar refractivity (Wildman–Crippen MR) is 119 cm³/mol. The number of alkyl halides is 1. The van der Waals surface area contributed by atoms with Gasteiger partial charge in [-0.1, -0.05) is 11.6 Å². The number of fused-ring (bicyclic) bond motifs is 1. The van der Waals surface area contributed by atoms with E-state index in [1.807, 2.05) is 0 Å². The fourth-order valence-electron chi connectivity index (χ4n) is 4.11. The Morgan fingerprint density at radius 1 is 1.22 bits per heavy atom. The predicted octanol–water partition coefficient (Wildman–Crippen LogP) is 3.91. The van der Waals surface area contributed by atoms with Gasteiger partial charge in [0.15, 0.2) is 0 Å². The number of halogens is 2. The summed E-state index contributed by atoms with van der Waals surface area (Å²) in [7, 11) is -3.71. The molecule has 170 valence electrons. The third kappa shape index (κ3) is 4.46. The van der Waals surface area contributed by atoms with Crippen molar-refractivity contribution in [2.24, 2.45) is 0 Å². The number of hydrogen-bond donors (Lipinski definition) is 1. The van der Waals surface area contributed by atoms with E-state index >= 15 is 0 Å². The molecule has 1 fully saturated rings. The van der Waals surface area contributed by atoms with Gasteiger partial charge in [-0.3, -0.25) is 4.79 Å². The molecule has 1 aliphatic rings. The molecule has 10 heteroatoms. The monoisotopic (exact) mass is 480 g/mol. The first-order chi connectivity index (χ1) is 15.3. The van der Waals surface area contributed by atoms with Crippen molar-refractivity contribution in [3.63, 3.8) is 0 Å². The molecule has 0 amide bonds.